The number of hydrogen-bond acceptors (Lipinski definition) is 6. The lowest BCUT2D eigenvalue weighted by molar-refractivity contribution is -0.137. The van der Waals surface area contributed by atoms with Gasteiger partial charge in [0, 0.05) is 55.3 Å². The lowest BCUT2D eigenvalue weighted by atomic mass is 9.96. The normalized spacial score (nSPS) is 11.5. The van der Waals surface area contributed by atoms with Crippen LogP contribution < -0.4 is 14.9 Å². The Morgan fingerprint density at radius 2 is 1.70 bits per heavy atom. The van der Waals surface area contributed by atoms with Crippen molar-refractivity contribution < 1.29 is 28.8 Å². The average Bonchev–Trinajstić information content (AvgIpc) is 3.03. The summed E-state index contributed by atoms with van der Waals surface area (Å²) in [6, 6.07) is 21.4. The van der Waals surface area contributed by atoms with Gasteiger partial charge in [0.05, 0.1) is 13.0 Å². The molecule has 0 aliphatic carbocycles. The molecule has 1 N–H and O–H groups in total. The first-order chi connectivity index (χ1) is 22.3. The third kappa shape index (κ3) is 9.58. The third-order valence-electron chi connectivity index (χ3n) is 7.23. The zero-order valence-electron chi connectivity index (χ0n) is 26.7. The number of carboxylic acids is 1. The van der Waals surface area contributed by atoms with Gasteiger partial charge in [-0.25, -0.2) is 0 Å². The van der Waals surface area contributed by atoms with Gasteiger partial charge < -0.3 is 28.6 Å². The second kappa shape index (κ2) is 17.0. The van der Waals surface area contributed by atoms with E-state index in [9.17, 15) is 14.7 Å². The number of aryl methyl sites for hydroxylation is 1. The number of carbonyl (C=O) groups is 1. The van der Waals surface area contributed by atoms with Crippen LogP contribution >= 0.6 is 0 Å². The molecule has 8 nitrogen and oxygen atoms in total. The van der Waals surface area contributed by atoms with Gasteiger partial charge in [-0.05, 0) is 73.7 Å². The second-order valence-corrected chi connectivity index (χ2v) is 10.7. The molecule has 240 valence electrons. The summed E-state index contributed by atoms with van der Waals surface area (Å²) in [6.45, 7) is 7.57. The van der Waals surface area contributed by atoms with E-state index in [-0.39, 0.29) is 18.4 Å². The molecule has 0 radical (unpaired) electrons. The Morgan fingerprint density at radius 1 is 0.913 bits per heavy atom. The van der Waals surface area contributed by atoms with Crippen molar-refractivity contribution in [1.82, 2.24) is 4.57 Å². The van der Waals surface area contributed by atoms with Crippen molar-refractivity contribution in [3.8, 4) is 46.1 Å². The molecule has 4 rings (SSSR count). The molecule has 1 atom stereocenters. The Morgan fingerprint density at radius 3 is 2.41 bits per heavy atom. The molecule has 0 bridgehead atoms. The van der Waals surface area contributed by atoms with Crippen LogP contribution in [0.5, 0.6) is 11.5 Å². The van der Waals surface area contributed by atoms with E-state index >= 15 is 0 Å². The third-order valence-corrected chi connectivity index (χ3v) is 7.23. The Balaban J connectivity index is 1.86. The smallest absolute Gasteiger partial charge is 0.305 e. The van der Waals surface area contributed by atoms with E-state index in [4.69, 9.17) is 25.4 Å². The maximum absolute atomic E-state index is 14.4. The first-order valence-corrected chi connectivity index (χ1v) is 15.5. The number of pyridine rings is 1. The van der Waals surface area contributed by atoms with Gasteiger partial charge in [-0.1, -0.05) is 42.5 Å². The lowest BCUT2D eigenvalue weighted by Crippen LogP contribution is -2.18. The summed E-state index contributed by atoms with van der Waals surface area (Å²) < 4.78 is 25.1. The fourth-order valence-corrected chi connectivity index (χ4v) is 5.14. The molecule has 0 saturated carbocycles. The number of ether oxygens (including phenoxy) is 4. The molecular formula is C38H41NO7. The van der Waals surface area contributed by atoms with Gasteiger partial charge >= 0.3 is 5.97 Å². The van der Waals surface area contributed by atoms with Crippen molar-refractivity contribution in [3.63, 3.8) is 0 Å². The predicted molar refractivity (Wildman–Crippen MR) is 179 cm³/mol. The minimum absolute atomic E-state index is 0.120. The maximum Gasteiger partial charge on any atom is 0.305 e. The molecule has 0 aliphatic rings. The van der Waals surface area contributed by atoms with Crippen molar-refractivity contribution in [2.45, 2.75) is 52.9 Å². The highest BCUT2D eigenvalue weighted by Gasteiger charge is 2.19. The van der Waals surface area contributed by atoms with Crippen LogP contribution in [0.1, 0.15) is 43.9 Å². The van der Waals surface area contributed by atoms with Gasteiger partial charge in [-0.15, -0.1) is 12.3 Å². The second-order valence-electron chi connectivity index (χ2n) is 10.7. The van der Waals surface area contributed by atoms with E-state index in [1.54, 1.807) is 23.0 Å². The Kier molecular flexibility index (Phi) is 12.6. The van der Waals surface area contributed by atoms with Crippen LogP contribution in [0.4, 0.5) is 0 Å². The van der Waals surface area contributed by atoms with Crippen molar-refractivity contribution >= 4 is 5.97 Å². The fourth-order valence-electron chi connectivity index (χ4n) is 5.14. The molecule has 0 aliphatic heterocycles. The van der Waals surface area contributed by atoms with Crippen LogP contribution in [0, 0.1) is 12.3 Å². The van der Waals surface area contributed by atoms with Crippen LogP contribution in [0.25, 0.3) is 22.3 Å². The molecule has 3 aromatic carbocycles. The summed E-state index contributed by atoms with van der Waals surface area (Å²) >= 11 is 0. The number of aliphatic carboxylic acids is 1. The van der Waals surface area contributed by atoms with Crippen molar-refractivity contribution in [2.24, 2.45) is 0 Å². The van der Waals surface area contributed by atoms with E-state index in [1.165, 1.54) is 0 Å². The highest BCUT2D eigenvalue weighted by Crippen LogP contribution is 2.33. The molecule has 1 unspecified atom stereocenters. The number of aromatic nitrogens is 1. The number of carboxylic acid groups (broad SMARTS) is 1. The number of terminal acetylenes is 1. The van der Waals surface area contributed by atoms with Crippen molar-refractivity contribution in [2.75, 3.05) is 26.4 Å². The largest absolute Gasteiger partial charge is 0.491 e. The molecule has 1 aromatic heterocycles. The van der Waals surface area contributed by atoms with Crippen LogP contribution in [-0.2, 0) is 33.7 Å². The molecule has 0 saturated heterocycles. The molecular weight excluding hydrogens is 582 g/mol. The van der Waals surface area contributed by atoms with E-state index in [1.807, 2.05) is 69.3 Å². The van der Waals surface area contributed by atoms with Crippen LogP contribution in [0.15, 0.2) is 83.9 Å². The number of rotatable bonds is 17. The van der Waals surface area contributed by atoms with Gasteiger partial charge in [-0.3, -0.25) is 9.59 Å². The van der Waals surface area contributed by atoms with E-state index in [0.29, 0.717) is 73.0 Å². The molecule has 0 spiro atoms. The van der Waals surface area contributed by atoms with Gasteiger partial charge in [0.2, 0.25) is 0 Å². The maximum atomic E-state index is 14.4. The first kappa shape index (κ1) is 34.0. The van der Waals surface area contributed by atoms with E-state index in [0.717, 1.165) is 16.7 Å². The minimum Gasteiger partial charge on any atom is -0.491 e. The summed E-state index contributed by atoms with van der Waals surface area (Å²) in [5.74, 6) is 2.78. The fraction of sp³-hybridized carbons (Fsp3) is 0.316. The predicted octanol–water partition coefficient (Wildman–Crippen LogP) is 6.60. The number of nitrogens with zero attached hydrogens (tertiary/aromatic N) is 1. The van der Waals surface area contributed by atoms with Crippen LogP contribution in [0.2, 0.25) is 0 Å². The summed E-state index contributed by atoms with van der Waals surface area (Å²) in [7, 11) is 0. The Bertz CT molecular complexity index is 1700. The van der Waals surface area contributed by atoms with Gasteiger partial charge in [-0.2, -0.15) is 0 Å². The monoisotopic (exact) mass is 623 g/mol. The first-order valence-electron chi connectivity index (χ1n) is 15.5. The SMILES string of the molecule is C#CCc1cc(OCCOCC)cc(-c2cn(CCC(=O)O)cc(-c3ccc(Cc4ccccc4)cc3OC(C)OCC)c2=O)c1. The topological polar surface area (TPSA) is 96.2 Å². The molecule has 1 heterocycles. The van der Waals surface area contributed by atoms with Crippen LogP contribution in [-0.4, -0.2) is 48.4 Å². The van der Waals surface area contributed by atoms with E-state index < -0.39 is 12.3 Å². The molecule has 4 aromatic rings. The molecule has 8 heteroatoms. The van der Waals surface area contributed by atoms with Gasteiger partial charge in [0.1, 0.15) is 18.1 Å². The lowest BCUT2D eigenvalue weighted by Gasteiger charge is -2.20. The standard InChI is InChI=1S/C38H41NO7/c1-5-11-29-21-31(24-32(22-29)45-19-18-43-6-2)34-25-39(17-16-37(40)41)26-35(38(34)42)33-15-14-30(20-28-12-9-8-10-13-28)23-36(33)46-27(4)44-7-3/h1,8-10,12-15,21-27H,6-7,11,16-20H2,2-4H3,(H,40,41). The zero-order chi connectivity index (χ0) is 32.9. The van der Waals surface area contributed by atoms with Gasteiger partial charge in [0.15, 0.2) is 11.7 Å². The zero-order valence-corrected chi connectivity index (χ0v) is 26.7. The summed E-state index contributed by atoms with van der Waals surface area (Å²) in [5, 5.41) is 9.45. The quantitative estimate of drug-likeness (QED) is 0.0804. The van der Waals surface area contributed by atoms with Gasteiger partial charge in [0.25, 0.3) is 0 Å². The average molecular weight is 624 g/mol. The van der Waals surface area contributed by atoms with Crippen molar-refractivity contribution in [3.05, 3.63) is 106 Å². The Labute approximate surface area is 270 Å². The molecule has 0 amide bonds. The highest BCUT2D eigenvalue weighted by molar-refractivity contribution is 5.76. The van der Waals surface area contributed by atoms with Crippen LogP contribution in [0.3, 0.4) is 0 Å². The number of hydrogen-bond donors (Lipinski definition) is 1. The number of benzene rings is 3. The summed E-state index contributed by atoms with van der Waals surface area (Å²) in [6.07, 6.45) is 9.35. The minimum atomic E-state index is -0.942. The van der Waals surface area contributed by atoms with Crippen molar-refractivity contribution in [1.29, 1.82) is 0 Å². The summed E-state index contributed by atoms with van der Waals surface area (Å²) in [4.78, 5) is 25.9. The molecule has 0 fully saturated rings. The Hall–Kier alpha value is -4.84. The molecule has 46 heavy (non-hydrogen) atoms. The highest BCUT2D eigenvalue weighted by atomic mass is 16.7. The van der Waals surface area contributed by atoms with E-state index in [2.05, 4.69) is 18.1 Å². The summed E-state index contributed by atoms with van der Waals surface area (Å²) in [5.41, 5.74) is 4.66.